The zero-order valence-electron chi connectivity index (χ0n) is 19.9. The third kappa shape index (κ3) is 6.08. The number of methoxy groups -OCH3 is 1. The number of carbonyl (C=O) groups is 2. The lowest BCUT2D eigenvalue weighted by Crippen LogP contribution is -2.47. The smallest absolute Gasteiger partial charge is 0.416 e. The summed E-state index contributed by atoms with van der Waals surface area (Å²) in [6.07, 6.45) is -12.0. The van der Waals surface area contributed by atoms with Crippen molar-refractivity contribution in [1.82, 2.24) is 4.90 Å². The van der Waals surface area contributed by atoms with Gasteiger partial charge in [-0.25, -0.2) is 14.0 Å². The van der Waals surface area contributed by atoms with E-state index >= 15 is 0 Å². The molecular formula is C24H23F7N2O4. The van der Waals surface area contributed by atoms with Crippen molar-refractivity contribution >= 4 is 17.9 Å². The predicted molar refractivity (Wildman–Crippen MR) is 117 cm³/mol. The fraction of sp³-hybridized carbons (Fsp3) is 0.417. The van der Waals surface area contributed by atoms with E-state index in [0.29, 0.717) is 12.1 Å². The molecule has 0 N–H and O–H groups in total. The third-order valence-electron chi connectivity index (χ3n) is 5.86. The van der Waals surface area contributed by atoms with Gasteiger partial charge in [0.2, 0.25) is 0 Å². The summed E-state index contributed by atoms with van der Waals surface area (Å²) in [7, 11) is 0.992. The molecule has 1 aliphatic heterocycles. The molecule has 2 amide bonds. The van der Waals surface area contributed by atoms with E-state index in [0.717, 1.165) is 24.1 Å². The van der Waals surface area contributed by atoms with Crippen LogP contribution in [0.5, 0.6) is 0 Å². The van der Waals surface area contributed by atoms with Crippen LogP contribution in [0.4, 0.5) is 46.0 Å². The van der Waals surface area contributed by atoms with Crippen molar-refractivity contribution in [3.8, 4) is 0 Å². The second-order valence-corrected chi connectivity index (χ2v) is 8.38. The molecule has 2 atom stereocenters. The van der Waals surface area contributed by atoms with Gasteiger partial charge in [0.05, 0.1) is 36.6 Å². The number of ether oxygens (including phenoxy) is 2. The van der Waals surface area contributed by atoms with Crippen molar-refractivity contribution in [2.45, 2.75) is 51.2 Å². The Morgan fingerprint density at radius 1 is 1.03 bits per heavy atom. The van der Waals surface area contributed by atoms with Gasteiger partial charge >= 0.3 is 24.5 Å². The molecule has 2 aromatic carbocycles. The van der Waals surface area contributed by atoms with Crippen LogP contribution in [0.3, 0.4) is 0 Å². The third-order valence-corrected chi connectivity index (χ3v) is 5.86. The first-order valence-corrected chi connectivity index (χ1v) is 11.1. The van der Waals surface area contributed by atoms with E-state index < -0.39 is 65.7 Å². The van der Waals surface area contributed by atoms with Crippen LogP contribution in [0.15, 0.2) is 36.4 Å². The SMILES string of the molecule is CCOC(=O)N1c2ccc(F)cc2[C@H](N(Cc2cc(C(F)(F)F)cc(C(F)(F)F)c2)C(=O)OC)C[C@@H]1C. The van der Waals surface area contributed by atoms with Gasteiger partial charge in [-0.3, -0.25) is 9.80 Å². The summed E-state index contributed by atoms with van der Waals surface area (Å²) < 4.78 is 104. The van der Waals surface area contributed by atoms with Crippen LogP contribution in [-0.2, 0) is 28.4 Å². The highest BCUT2D eigenvalue weighted by molar-refractivity contribution is 5.90. The van der Waals surface area contributed by atoms with Crippen LogP contribution >= 0.6 is 0 Å². The zero-order valence-corrected chi connectivity index (χ0v) is 19.9. The van der Waals surface area contributed by atoms with E-state index in [-0.39, 0.29) is 30.3 Å². The molecule has 6 nitrogen and oxygen atoms in total. The summed E-state index contributed by atoms with van der Waals surface area (Å²) in [5.41, 5.74) is -3.26. The number of hydrogen-bond donors (Lipinski definition) is 0. The lowest BCUT2D eigenvalue weighted by molar-refractivity contribution is -0.143. The number of fused-ring (bicyclic) bond motifs is 1. The lowest BCUT2D eigenvalue weighted by atomic mass is 9.90. The fourth-order valence-corrected chi connectivity index (χ4v) is 4.30. The van der Waals surface area contributed by atoms with E-state index in [2.05, 4.69) is 0 Å². The van der Waals surface area contributed by atoms with E-state index in [1.807, 2.05) is 0 Å². The van der Waals surface area contributed by atoms with Gasteiger partial charge in [-0.2, -0.15) is 26.3 Å². The number of anilines is 1. The van der Waals surface area contributed by atoms with Gasteiger partial charge in [0, 0.05) is 18.2 Å². The number of benzene rings is 2. The van der Waals surface area contributed by atoms with Crippen molar-refractivity contribution < 1.29 is 49.8 Å². The zero-order chi connectivity index (χ0) is 27.7. The summed E-state index contributed by atoms with van der Waals surface area (Å²) in [5, 5.41) is 0. The molecule has 0 saturated carbocycles. The van der Waals surface area contributed by atoms with Gasteiger partial charge in [-0.15, -0.1) is 0 Å². The van der Waals surface area contributed by atoms with Gasteiger partial charge in [0.25, 0.3) is 0 Å². The number of alkyl halides is 6. The average molecular weight is 536 g/mol. The summed E-state index contributed by atoms with van der Waals surface area (Å²) in [6.45, 7) is 2.53. The molecule has 3 rings (SSSR count). The molecule has 202 valence electrons. The van der Waals surface area contributed by atoms with Crippen molar-refractivity contribution in [1.29, 1.82) is 0 Å². The first kappa shape index (κ1) is 28.1. The summed E-state index contributed by atoms with van der Waals surface area (Å²) in [5.74, 6) is -0.731. The number of nitrogens with zero attached hydrogens (tertiary/aromatic N) is 2. The minimum atomic E-state index is -5.08. The van der Waals surface area contributed by atoms with Crippen molar-refractivity contribution in [2.24, 2.45) is 0 Å². The molecule has 0 aromatic heterocycles. The van der Waals surface area contributed by atoms with Crippen LogP contribution in [0.25, 0.3) is 0 Å². The summed E-state index contributed by atoms with van der Waals surface area (Å²) >= 11 is 0. The number of rotatable bonds is 4. The molecule has 2 aromatic rings. The topological polar surface area (TPSA) is 59.1 Å². The molecule has 0 radical (unpaired) electrons. The largest absolute Gasteiger partial charge is 0.453 e. The van der Waals surface area contributed by atoms with E-state index in [1.165, 1.54) is 11.0 Å². The monoisotopic (exact) mass is 536 g/mol. The maximum absolute atomic E-state index is 14.3. The highest BCUT2D eigenvalue weighted by Gasteiger charge is 2.41. The summed E-state index contributed by atoms with van der Waals surface area (Å²) in [6, 6.07) is 2.71. The van der Waals surface area contributed by atoms with E-state index in [9.17, 15) is 40.3 Å². The minimum Gasteiger partial charge on any atom is -0.453 e. The Balaban J connectivity index is 2.12. The second kappa shape index (κ2) is 10.5. The molecule has 1 heterocycles. The molecule has 0 saturated heterocycles. The van der Waals surface area contributed by atoms with Crippen LogP contribution in [0.2, 0.25) is 0 Å². The number of hydrogen-bond acceptors (Lipinski definition) is 4. The molecule has 1 aliphatic rings. The Hall–Kier alpha value is -3.51. The number of carbonyl (C=O) groups excluding carboxylic acids is 2. The molecule has 0 spiro atoms. The van der Waals surface area contributed by atoms with Crippen LogP contribution in [-0.4, -0.2) is 36.8 Å². The predicted octanol–water partition coefficient (Wildman–Crippen LogP) is 6.93. The second-order valence-electron chi connectivity index (χ2n) is 8.38. The fourth-order valence-electron chi connectivity index (χ4n) is 4.30. The maximum atomic E-state index is 14.3. The Labute approximate surface area is 207 Å². The Morgan fingerprint density at radius 2 is 1.62 bits per heavy atom. The highest BCUT2D eigenvalue weighted by Crippen LogP contribution is 2.43. The number of halogens is 7. The minimum absolute atomic E-state index is 0.0173. The summed E-state index contributed by atoms with van der Waals surface area (Å²) in [4.78, 5) is 27.5. The van der Waals surface area contributed by atoms with Gasteiger partial charge < -0.3 is 9.47 Å². The van der Waals surface area contributed by atoms with Crippen LogP contribution in [0, 0.1) is 5.82 Å². The van der Waals surface area contributed by atoms with E-state index in [1.54, 1.807) is 13.8 Å². The average Bonchev–Trinajstić information content (AvgIpc) is 2.80. The normalized spacial score (nSPS) is 17.7. The standard InChI is InChI=1S/C24H23F7N2O4/c1-4-37-22(35)33-13(2)7-20(18-11-17(25)5-6-19(18)33)32(21(34)36-3)12-14-8-15(23(26,27)28)10-16(9-14)24(29,30)31/h5-6,8-11,13,20H,4,7,12H2,1-3H3/t13-,20+/m0/s1. The van der Waals surface area contributed by atoms with Crippen molar-refractivity contribution in [2.75, 3.05) is 18.6 Å². The Bertz CT molecular complexity index is 1130. The Morgan fingerprint density at radius 3 is 2.14 bits per heavy atom. The Kier molecular flexibility index (Phi) is 7.94. The van der Waals surface area contributed by atoms with Crippen molar-refractivity contribution in [3.05, 3.63) is 64.5 Å². The van der Waals surface area contributed by atoms with Gasteiger partial charge in [0.1, 0.15) is 5.82 Å². The molecule has 0 unspecified atom stereocenters. The molecule has 0 fully saturated rings. The lowest BCUT2D eigenvalue weighted by Gasteiger charge is -2.42. The van der Waals surface area contributed by atoms with Gasteiger partial charge in [-0.05, 0) is 62.2 Å². The van der Waals surface area contributed by atoms with Gasteiger partial charge in [0.15, 0.2) is 0 Å². The highest BCUT2D eigenvalue weighted by atomic mass is 19.4. The van der Waals surface area contributed by atoms with Crippen LogP contribution < -0.4 is 4.90 Å². The van der Waals surface area contributed by atoms with Crippen molar-refractivity contribution in [3.63, 3.8) is 0 Å². The molecular weight excluding hydrogens is 513 g/mol. The first-order valence-electron chi connectivity index (χ1n) is 11.1. The quantitative estimate of drug-likeness (QED) is 0.398. The number of amides is 2. The van der Waals surface area contributed by atoms with Crippen LogP contribution in [0.1, 0.15) is 48.6 Å². The maximum Gasteiger partial charge on any atom is 0.416 e. The van der Waals surface area contributed by atoms with E-state index in [4.69, 9.17) is 9.47 Å². The molecule has 13 heteroatoms. The molecule has 37 heavy (non-hydrogen) atoms. The van der Waals surface area contributed by atoms with Gasteiger partial charge in [-0.1, -0.05) is 0 Å². The molecule has 0 aliphatic carbocycles. The molecule has 0 bridgehead atoms. The first-order chi connectivity index (χ1) is 17.2.